The number of aromatic nitrogens is 3. The zero-order valence-corrected chi connectivity index (χ0v) is 17.9. The van der Waals surface area contributed by atoms with E-state index < -0.39 is 6.17 Å². The number of alkyl halides is 1. The third-order valence-electron chi connectivity index (χ3n) is 6.20. The number of imidazole rings is 1. The molecule has 0 spiro atoms. The number of halogens is 1. The smallest absolute Gasteiger partial charge is 0.142 e. The lowest BCUT2D eigenvalue weighted by atomic mass is 9.90. The molecule has 1 saturated heterocycles. The maximum absolute atomic E-state index is 13.2. The first-order valence-electron chi connectivity index (χ1n) is 10.7. The van der Waals surface area contributed by atoms with Crippen molar-refractivity contribution < 1.29 is 9.18 Å². The Morgan fingerprint density at radius 2 is 1.93 bits per heavy atom. The minimum Gasteiger partial charge on any atom is -0.331 e. The zero-order chi connectivity index (χ0) is 21.3. The maximum Gasteiger partial charge on any atom is 0.142 e. The van der Waals surface area contributed by atoms with Crippen LogP contribution in [0.5, 0.6) is 0 Å². The van der Waals surface area contributed by atoms with Crippen LogP contribution in [0.2, 0.25) is 0 Å². The summed E-state index contributed by atoms with van der Waals surface area (Å²) >= 11 is 0. The quantitative estimate of drug-likeness (QED) is 0.616. The molecule has 1 aliphatic rings. The number of hydrogen-bond donors (Lipinski definition) is 0. The van der Waals surface area contributed by atoms with Crippen molar-refractivity contribution in [2.75, 3.05) is 19.6 Å². The summed E-state index contributed by atoms with van der Waals surface area (Å²) in [4.78, 5) is 23.8. The minimum absolute atomic E-state index is 0.0532. The average Bonchev–Trinajstić information content (AvgIpc) is 3.06. The van der Waals surface area contributed by atoms with Gasteiger partial charge >= 0.3 is 0 Å². The highest BCUT2D eigenvalue weighted by Gasteiger charge is 2.25. The van der Waals surface area contributed by atoms with Crippen molar-refractivity contribution in [3.05, 3.63) is 48.2 Å². The van der Waals surface area contributed by atoms with E-state index in [1.165, 1.54) is 0 Å². The Morgan fingerprint density at radius 1 is 1.17 bits per heavy atom. The fraction of sp³-hybridized carbons (Fsp3) is 0.458. The van der Waals surface area contributed by atoms with Gasteiger partial charge in [-0.1, -0.05) is 12.1 Å². The summed E-state index contributed by atoms with van der Waals surface area (Å²) in [5, 5.41) is 2.14. The molecule has 1 aliphatic heterocycles. The summed E-state index contributed by atoms with van der Waals surface area (Å²) in [6.45, 7) is 5.63. The van der Waals surface area contributed by atoms with E-state index in [0.717, 1.165) is 59.5 Å². The molecule has 0 N–H and O–H groups in total. The third kappa shape index (κ3) is 4.43. The lowest BCUT2D eigenvalue weighted by Gasteiger charge is -2.31. The van der Waals surface area contributed by atoms with Crippen LogP contribution in [-0.2, 0) is 18.3 Å². The van der Waals surface area contributed by atoms with Crippen LogP contribution in [0.15, 0.2) is 36.7 Å². The van der Waals surface area contributed by atoms with Crippen LogP contribution in [0.4, 0.5) is 4.39 Å². The van der Waals surface area contributed by atoms with Crippen LogP contribution in [0.3, 0.4) is 0 Å². The molecule has 2 aromatic heterocycles. The monoisotopic (exact) mass is 408 g/mol. The predicted octanol–water partition coefficient (Wildman–Crippen LogP) is 4.13. The fourth-order valence-corrected chi connectivity index (χ4v) is 4.33. The van der Waals surface area contributed by atoms with E-state index in [9.17, 15) is 9.18 Å². The second-order valence-electron chi connectivity index (χ2n) is 8.49. The van der Waals surface area contributed by atoms with Crippen LogP contribution in [-0.4, -0.2) is 51.0 Å². The standard InChI is InChI=1S/C24H29FN4O/c1-16(25)15-29-8-6-18(7-9-29)24(30)12-22-11-21-10-19(4-5-20(21)13-27-22)23-14-26-17(2)28(23)3/h4-5,10-11,13-14,16,18H,6-9,12,15H2,1-3H3/t16-/m0/s1. The molecule has 30 heavy (non-hydrogen) atoms. The van der Waals surface area contributed by atoms with Gasteiger partial charge in [-0.05, 0) is 57.3 Å². The molecule has 0 aliphatic carbocycles. The normalized spacial score (nSPS) is 16.8. The number of likely N-dealkylation sites (tertiary alicyclic amines) is 1. The number of piperidine rings is 1. The molecule has 5 nitrogen and oxygen atoms in total. The Morgan fingerprint density at radius 3 is 2.60 bits per heavy atom. The molecule has 1 aromatic carbocycles. The Bertz CT molecular complexity index is 1050. The van der Waals surface area contributed by atoms with Crippen LogP contribution in [0, 0.1) is 12.8 Å². The number of benzene rings is 1. The Balaban J connectivity index is 1.47. The molecule has 1 fully saturated rings. The minimum atomic E-state index is -0.820. The van der Waals surface area contributed by atoms with Crippen LogP contribution >= 0.6 is 0 Å². The number of nitrogens with zero attached hydrogens (tertiary/aromatic N) is 4. The lowest BCUT2D eigenvalue weighted by molar-refractivity contribution is -0.123. The highest BCUT2D eigenvalue weighted by Crippen LogP contribution is 2.26. The van der Waals surface area contributed by atoms with E-state index in [0.29, 0.717) is 13.0 Å². The summed E-state index contributed by atoms with van der Waals surface area (Å²) in [6, 6.07) is 8.31. The first-order valence-corrected chi connectivity index (χ1v) is 10.7. The number of Topliss-reactive ketones (excluding diaryl/α,β-unsaturated/α-hetero) is 1. The molecule has 158 valence electrons. The molecule has 3 aromatic rings. The van der Waals surface area contributed by atoms with E-state index in [-0.39, 0.29) is 11.7 Å². The number of hydrogen-bond acceptors (Lipinski definition) is 4. The van der Waals surface area contributed by atoms with E-state index in [4.69, 9.17) is 0 Å². The van der Waals surface area contributed by atoms with Crippen LogP contribution < -0.4 is 0 Å². The van der Waals surface area contributed by atoms with E-state index in [1.54, 1.807) is 6.92 Å². The molecular formula is C24H29FN4O. The SMILES string of the molecule is Cc1ncc(-c2ccc3cnc(CC(=O)C4CCN(C[C@H](C)F)CC4)cc3c2)n1C. The first-order chi connectivity index (χ1) is 14.4. The van der Waals surface area contributed by atoms with Gasteiger partial charge in [0.2, 0.25) is 0 Å². The number of carbonyl (C=O) groups excluding carboxylic acids is 1. The van der Waals surface area contributed by atoms with E-state index in [2.05, 4.69) is 37.6 Å². The summed E-state index contributed by atoms with van der Waals surface area (Å²) in [5.74, 6) is 1.27. The maximum atomic E-state index is 13.2. The predicted molar refractivity (Wildman–Crippen MR) is 117 cm³/mol. The number of pyridine rings is 1. The van der Waals surface area contributed by atoms with Crippen molar-refractivity contribution in [3.8, 4) is 11.3 Å². The Hall–Kier alpha value is -2.60. The fourth-order valence-electron chi connectivity index (χ4n) is 4.33. The molecule has 4 rings (SSSR count). The molecular weight excluding hydrogens is 379 g/mol. The summed E-state index contributed by atoms with van der Waals surface area (Å²) in [6.07, 6.45) is 4.89. The number of aryl methyl sites for hydroxylation is 1. The Labute approximate surface area is 176 Å². The number of rotatable bonds is 6. The van der Waals surface area contributed by atoms with Gasteiger partial charge in [0.15, 0.2) is 0 Å². The number of carbonyl (C=O) groups is 1. The summed E-state index contributed by atoms with van der Waals surface area (Å²) in [5.41, 5.74) is 2.98. The molecule has 3 heterocycles. The molecule has 0 amide bonds. The first kappa shape index (κ1) is 20.7. The molecule has 0 radical (unpaired) electrons. The van der Waals surface area contributed by atoms with Crippen molar-refractivity contribution in [3.63, 3.8) is 0 Å². The van der Waals surface area contributed by atoms with Gasteiger partial charge in [-0.2, -0.15) is 0 Å². The summed E-state index contributed by atoms with van der Waals surface area (Å²) in [7, 11) is 2.01. The van der Waals surface area contributed by atoms with E-state index in [1.807, 2.05) is 32.4 Å². The average molecular weight is 409 g/mol. The van der Waals surface area contributed by atoms with Gasteiger partial charge in [0, 0.05) is 48.8 Å². The molecule has 6 heteroatoms. The highest BCUT2D eigenvalue weighted by molar-refractivity contribution is 5.88. The second kappa shape index (κ2) is 8.64. The largest absolute Gasteiger partial charge is 0.331 e. The molecule has 1 atom stereocenters. The molecule has 0 unspecified atom stereocenters. The van der Waals surface area contributed by atoms with Crippen molar-refractivity contribution in [2.45, 2.75) is 39.3 Å². The van der Waals surface area contributed by atoms with Crippen molar-refractivity contribution in [2.24, 2.45) is 13.0 Å². The summed E-state index contributed by atoms with van der Waals surface area (Å²) < 4.78 is 15.3. The molecule has 0 bridgehead atoms. The molecule has 0 saturated carbocycles. The second-order valence-corrected chi connectivity index (χ2v) is 8.49. The van der Waals surface area contributed by atoms with Gasteiger partial charge in [-0.25, -0.2) is 9.37 Å². The highest BCUT2D eigenvalue weighted by atomic mass is 19.1. The van der Waals surface area contributed by atoms with Gasteiger partial charge in [0.1, 0.15) is 17.8 Å². The van der Waals surface area contributed by atoms with Crippen LogP contribution in [0.1, 0.15) is 31.3 Å². The number of fused-ring (bicyclic) bond motifs is 1. The van der Waals surface area contributed by atoms with Gasteiger partial charge in [0.25, 0.3) is 0 Å². The lowest BCUT2D eigenvalue weighted by Crippen LogP contribution is -2.39. The van der Waals surface area contributed by atoms with Gasteiger partial charge in [-0.3, -0.25) is 9.78 Å². The van der Waals surface area contributed by atoms with Gasteiger partial charge in [0.05, 0.1) is 11.9 Å². The van der Waals surface area contributed by atoms with Gasteiger partial charge < -0.3 is 9.47 Å². The van der Waals surface area contributed by atoms with Crippen LogP contribution in [0.25, 0.3) is 22.0 Å². The third-order valence-corrected chi connectivity index (χ3v) is 6.20. The van der Waals surface area contributed by atoms with Crippen molar-refractivity contribution >= 4 is 16.6 Å². The Kier molecular flexibility index (Phi) is 5.95. The topological polar surface area (TPSA) is 51.0 Å². The van der Waals surface area contributed by atoms with Crippen molar-refractivity contribution in [1.82, 2.24) is 19.4 Å². The van der Waals surface area contributed by atoms with Crippen molar-refractivity contribution in [1.29, 1.82) is 0 Å². The zero-order valence-electron chi connectivity index (χ0n) is 17.9. The number of ketones is 1. The van der Waals surface area contributed by atoms with Gasteiger partial charge in [-0.15, -0.1) is 0 Å². The van der Waals surface area contributed by atoms with E-state index >= 15 is 0 Å².